The molecule has 0 atom stereocenters. The van der Waals surface area contributed by atoms with E-state index in [1.807, 2.05) is 0 Å². The maximum Gasteiger partial charge on any atom is 0.252 e. The first kappa shape index (κ1) is 76.9. The molecule has 2 aliphatic rings. The second-order valence-electron chi connectivity index (χ2n) is 39.9. The summed E-state index contributed by atoms with van der Waals surface area (Å²) in [5, 5.41) is 2.50. The van der Waals surface area contributed by atoms with Crippen molar-refractivity contribution in [1.29, 1.82) is 0 Å². The smallest absolute Gasteiger partial charge is 0.252 e. The van der Waals surface area contributed by atoms with Gasteiger partial charge < -0.3 is 14.4 Å². The number of anilines is 6. The lowest BCUT2D eigenvalue weighted by atomic mass is 9.33. The number of aromatic nitrogens is 4. The standard InChI is InChI=1S/C109H109BN6/c1-103(2,3)75-48-53-91-86(59-75)87-60-76(104(4,5)6)49-54-92(87)114(91)82-50-52-90-94(67-82)116(98-83(68-37-27-22-28-38-68)61-79(107(13,14)15)62-84(98)69-39-29-23-30-40-69)96-66-81(109(19,20)21)65-95-97(96)110(90)89-51-47-73(74-55-77(105(7,8)9)58-78(56-74)106(10,11)12)57-93(89)115(95)99-85(70-41-31-24-32-42-70)63-80(108(16,17)18)64-88(99)102-112-100(71-43-33-25-34-44-71)111-101(113-102)72-45-35-26-36-46-72/h22-67H,1-21H3. The van der Waals surface area contributed by atoms with Crippen LogP contribution in [0.15, 0.2) is 279 Å². The largest absolute Gasteiger partial charge is 0.310 e. The van der Waals surface area contributed by atoms with Crippen molar-refractivity contribution >= 4 is 79.0 Å². The zero-order chi connectivity index (χ0) is 81.7. The zero-order valence-electron chi connectivity index (χ0n) is 71.8. The Labute approximate surface area is 689 Å². The second kappa shape index (κ2) is 28.1. The lowest BCUT2D eigenvalue weighted by molar-refractivity contribution is 0.569. The van der Waals surface area contributed by atoms with E-state index in [0.29, 0.717) is 17.5 Å². The van der Waals surface area contributed by atoms with Crippen LogP contribution in [-0.4, -0.2) is 26.2 Å². The van der Waals surface area contributed by atoms with E-state index in [0.717, 1.165) is 101 Å². The molecule has 0 bridgehead atoms. The minimum Gasteiger partial charge on any atom is -0.310 e. The third-order valence-electron chi connectivity index (χ3n) is 24.3. The molecule has 0 aliphatic carbocycles. The second-order valence-corrected chi connectivity index (χ2v) is 39.9. The Kier molecular flexibility index (Phi) is 18.6. The molecule has 0 amide bonds. The van der Waals surface area contributed by atoms with Gasteiger partial charge in [-0.2, -0.15) is 0 Å². The third-order valence-corrected chi connectivity index (χ3v) is 24.3. The maximum absolute atomic E-state index is 5.79. The monoisotopic (exact) mass is 1510 g/mol. The van der Waals surface area contributed by atoms with E-state index in [-0.39, 0.29) is 39.2 Å². The molecule has 578 valence electrons. The van der Waals surface area contributed by atoms with Crippen molar-refractivity contribution in [3.8, 4) is 84.4 Å². The lowest BCUT2D eigenvalue weighted by Gasteiger charge is -2.46. The number of fused-ring (bicyclic) bond motifs is 7. The van der Waals surface area contributed by atoms with Crippen molar-refractivity contribution in [2.75, 3.05) is 9.80 Å². The Morgan fingerprint density at radius 3 is 0.948 bits per heavy atom. The molecule has 0 fully saturated rings. The number of hydrogen-bond acceptors (Lipinski definition) is 5. The van der Waals surface area contributed by atoms with E-state index in [1.165, 1.54) is 77.1 Å². The highest BCUT2D eigenvalue weighted by Crippen LogP contribution is 2.56. The molecular weight excluding hydrogens is 1400 g/mol. The fourth-order valence-electron chi connectivity index (χ4n) is 17.3. The summed E-state index contributed by atoms with van der Waals surface area (Å²) in [6.45, 7) is 49.1. The Balaban J connectivity index is 1.08. The van der Waals surface area contributed by atoms with E-state index < -0.39 is 5.41 Å². The van der Waals surface area contributed by atoms with Gasteiger partial charge in [0.1, 0.15) is 0 Å². The Morgan fingerprint density at radius 2 is 0.560 bits per heavy atom. The lowest BCUT2D eigenvalue weighted by Crippen LogP contribution is -2.61. The van der Waals surface area contributed by atoms with Crippen LogP contribution in [0, 0.1) is 0 Å². The van der Waals surface area contributed by atoms with Crippen molar-refractivity contribution in [3.63, 3.8) is 0 Å². The summed E-state index contributed by atoms with van der Waals surface area (Å²) in [5.41, 5.74) is 32.7. The van der Waals surface area contributed by atoms with Gasteiger partial charge in [0, 0.05) is 72.6 Å². The summed E-state index contributed by atoms with van der Waals surface area (Å²) in [6, 6.07) is 106. The van der Waals surface area contributed by atoms with Crippen LogP contribution >= 0.6 is 0 Å². The number of rotatable bonds is 10. The summed E-state index contributed by atoms with van der Waals surface area (Å²) in [7, 11) is 0. The Hall–Kier alpha value is -11.7. The molecule has 0 spiro atoms. The minimum absolute atomic E-state index is 0.0756. The zero-order valence-corrected chi connectivity index (χ0v) is 71.8. The van der Waals surface area contributed by atoms with Crippen molar-refractivity contribution in [3.05, 3.63) is 318 Å². The van der Waals surface area contributed by atoms with Gasteiger partial charge in [-0.15, -0.1) is 0 Å². The van der Waals surface area contributed by atoms with Crippen LogP contribution in [0.3, 0.4) is 0 Å². The van der Waals surface area contributed by atoms with E-state index >= 15 is 0 Å². The Morgan fingerprint density at radius 1 is 0.233 bits per heavy atom. The fourth-order valence-corrected chi connectivity index (χ4v) is 17.3. The molecule has 6 nitrogen and oxygen atoms in total. The van der Waals surface area contributed by atoms with Crippen LogP contribution in [0.4, 0.5) is 34.1 Å². The van der Waals surface area contributed by atoms with Crippen molar-refractivity contribution in [2.45, 2.75) is 183 Å². The first-order valence-electron chi connectivity index (χ1n) is 41.7. The molecule has 2 aromatic heterocycles. The van der Waals surface area contributed by atoms with Gasteiger partial charge in [-0.3, -0.25) is 0 Å². The van der Waals surface area contributed by atoms with Gasteiger partial charge in [-0.25, -0.2) is 15.0 Å². The Bertz CT molecular complexity index is 6120. The molecule has 0 radical (unpaired) electrons. The summed E-state index contributed by atoms with van der Waals surface area (Å²) in [6.07, 6.45) is 0. The van der Waals surface area contributed by atoms with Crippen molar-refractivity contribution in [1.82, 2.24) is 19.5 Å². The number of benzene rings is 13. The summed E-state index contributed by atoms with van der Waals surface area (Å²) < 4.78 is 2.56. The molecular formula is C109H109BN6. The average molecular weight is 1510 g/mol. The first-order chi connectivity index (χ1) is 54.9. The fraction of sp³-hybridized carbons (Fsp3) is 0.257. The van der Waals surface area contributed by atoms with Crippen LogP contribution in [0.5, 0.6) is 0 Å². The molecule has 0 unspecified atom stereocenters. The van der Waals surface area contributed by atoms with Crippen LogP contribution in [0.1, 0.15) is 184 Å². The molecule has 17 rings (SSSR count). The topological polar surface area (TPSA) is 50.1 Å². The van der Waals surface area contributed by atoms with Crippen molar-refractivity contribution < 1.29 is 0 Å². The van der Waals surface area contributed by atoms with Gasteiger partial charge in [0.25, 0.3) is 6.71 Å². The van der Waals surface area contributed by atoms with E-state index in [4.69, 9.17) is 15.0 Å². The molecule has 0 N–H and O–H groups in total. The highest BCUT2D eigenvalue weighted by molar-refractivity contribution is 7.00. The normalized spacial score (nSPS) is 13.3. The van der Waals surface area contributed by atoms with Gasteiger partial charge in [0.05, 0.1) is 22.4 Å². The molecule has 7 heteroatoms. The predicted octanol–water partition coefficient (Wildman–Crippen LogP) is 27.8. The van der Waals surface area contributed by atoms with E-state index in [2.05, 4.69) is 439 Å². The van der Waals surface area contributed by atoms with Crippen LogP contribution in [-0.2, 0) is 37.9 Å². The third kappa shape index (κ3) is 14.0. The highest BCUT2D eigenvalue weighted by atomic mass is 15.2. The molecule has 0 saturated carbocycles. The first-order valence-corrected chi connectivity index (χ1v) is 41.7. The average Bonchev–Trinajstić information content (AvgIpc) is 0.750. The molecule has 13 aromatic carbocycles. The maximum atomic E-state index is 5.79. The highest BCUT2D eigenvalue weighted by Gasteiger charge is 2.47. The van der Waals surface area contributed by atoms with E-state index in [1.54, 1.807) is 0 Å². The van der Waals surface area contributed by atoms with Gasteiger partial charge in [-0.1, -0.05) is 346 Å². The van der Waals surface area contributed by atoms with E-state index in [9.17, 15) is 0 Å². The van der Waals surface area contributed by atoms with Crippen molar-refractivity contribution in [2.24, 2.45) is 0 Å². The van der Waals surface area contributed by atoms with Gasteiger partial charge in [0.2, 0.25) is 0 Å². The van der Waals surface area contributed by atoms with Crippen LogP contribution in [0.2, 0.25) is 0 Å². The summed E-state index contributed by atoms with van der Waals surface area (Å²) in [5.74, 6) is 1.78. The molecule has 0 saturated heterocycles. The van der Waals surface area contributed by atoms with Gasteiger partial charge in [0.15, 0.2) is 17.5 Å². The predicted molar refractivity (Wildman–Crippen MR) is 497 cm³/mol. The number of nitrogens with zero attached hydrogens (tertiary/aromatic N) is 6. The number of hydrogen-bond donors (Lipinski definition) is 0. The molecule has 4 heterocycles. The van der Waals surface area contributed by atoms with Crippen LogP contribution in [0.25, 0.3) is 106 Å². The molecule has 2 aliphatic heterocycles. The quantitative estimate of drug-likeness (QED) is 0.128. The van der Waals surface area contributed by atoms with Crippen LogP contribution < -0.4 is 26.2 Å². The molecule has 116 heavy (non-hydrogen) atoms. The summed E-state index contributed by atoms with van der Waals surface area (Å²) in [4.78, 5) is 22.4. The van der Waals surface area contributed by atoms with Gasteiger partial charge in [-0.05, 0) is 200 Å². The van der Waals surface area contributed by atoms with Gasteiger partial charge >= 0.3 is 0 Å². The molecule has 15 aromatic rings. The summed E-state index contributed by atoms with van der Waals surface area (Å²) >= 11 is 0. The minimum atomic E-state index is -0.397. The SMILES string of the molecule is CC(C)(C)c1cc(-c2ccc3c(c2)N(c2c(-c4ccccc4)cc(C(C)(C)C)cc2-c2nc(-c4ccccc4)nc(-c4ccccc4)n2)c2cc(C(C)(C)C)cc4c2B3c2ccc(-n3c5ccc(C(C)(C)C)cc5c5cc(C(C)(C)C)ccc53)cc2N4c2c(-c3ccccc3)cc(C(C)(C)C)cc2-c2ccccc2)cc(C(C)(C)C)c1.